The summed E-state index contributed by atoms with van der Waals surface area (Å²) in [6.07, 6.45) is 0. The second-order valence-corrected chi connectivity index (χ2v) is 6.58. The van der Waals surface area contributed by atoms with Crippen molar-refractivity contribution >= 4 is 55.8 Å². The summed E-state index contributed by atoms with van der Waals surface area (Å²) < 4.78 is 6.63. The fourth-order valence-corrected chi connectivity index (χ4v) is 3.11. The number of benzene rings is 1. The van der Waals surface area contributed by atoms with E-state index in [0.717, 1.165) is 27.7 Å². The lowest BCUT2D eigenvalue weighted by Crippen LogP contribution is -1.96. The number of rotatable bonds is 6. The number of methoxy groups -OCH3 is 1. The van der Waals surface area contributed by atoms with Crippen LogP contribution in [0.2, 0.25) is 0 Å². The Morgan fingerprint density at radius 1 is 1.55 bits per heavy atom. The zero-order chi connectivity index (χ0) is 14.5. The Labute approximate surface area is 131 Å². The summed E-state index contributed by atoms with van der Waals surface area (Å²) >= 11 is 5.87. The van der Waals surface area contributed by atoms with E-state index in [0.29, 0.717) is 9.47 Å². The van der Waals surface area contributed by atoms with E-state index >= 15 is 0 Å². The van der Waals surface area contributed by atoms with Crippen LogP contribution in [0, 0.1) is 0 Å². The molecule has 0 fully saturated rings. The molecule has 0 spiro atoms. The highest BCUT2D eigenvalue weighted by Crippen LogP contribution is 2.32. The van der Waals surface area contributed by atoms with Crippen LogP contribution in [0.4, 0.5) is 10.8 Å². The van der Waals surface area contributed by atoms with Gasteiger partial charge < -0.3 is 15.2 Å². The quantitative estimate of drug-likeness (QED) is 0.749. The van der Waals surface area contributed by atoms with Crippen LogP contribution >= 0.6 is 39.0 Å². The molecule has 0 radical (unpaired) electrons. The summed E-state index contributed by atoms with van der Waals surface area (Å²) in [5.41, 5.74) is 0.801. The van der Waals surface area contributed by atoms with Gasteiger partial charge in [-0.1, -0.05) is 23.1 Å². The lowest BCUT2D eigenvalue weighted by atomic mass is 10.3. The molecular weight excluding hydrogens is 366 g/mol. The maximum absolute atomic E-state index is 10.5. The number of carboxylic acids is 1. The molecule has 1 aromatic carbocycles. The van der Waals surface area contributed by atoms with Gasteiger partial charge in [0.05, 0.1) is 18.6 Å². The molecule has 106 valence electrons. The highest BCUT2D eigenvalue weighted by atomic mass is 79.9. The predicted octanol–water partition coefficient (Wildman–Crippen LogP) is 3.23. The monoisotopic (exact) mass is 375 g/mol. The van der Waals surface area contributed by atoms with E-state index in [1.807, 2.05) is 18.2 Å². The van der Waals surface area contributed by atoms with Gasteiger partial charge in [0.25, 0.3) is 0 Å². The number of ether oxygens (including phenoxy) is 1. The third-order valence-electron chi connectivity index (χ3n) is 2.14. The molecule has 2 rings (SSSR count). The van der Waals surface area contributed by atoms with E-state index in [9.17, 15) is 4.79 Å². The van der Waals surface area contributed by atoms with Gasteiger partial charge in [0.2, 0.25) is 5.13 Å². The van der Waals surface area contributed by atoms with Crippen LogP contribution in [0.3, 0.4) is 0 Å². The normalized spacial score (nSPS) is 10.3. The first-order chi connectivity index (χ1) is 9.58. The number of anilines is 2. The van der Waals surface area contributed by atoms with Gasteiger partial charge in [-0.05, 0) is 28.1 Å². The van der Waals surface area contributed by atoms with Crippen LogP contribution in [0.1, 0.15) is 0 Å². The minimum absolute atomic E-state index is 0.0303. The first-order valence-electron chi connectivity index (χ1n) is 5.37. The van der Waals surface area contributed by atoms with Crippen molar-refractivity contribution < 1.29 is 14.6 Å². The second kappa shape index (κ2) is 6.91. The average molecular weight is 376 g/mol. The molecule has 0 aliphatic heterocycles. The number of carbonyl (C=O) groups is 1. The number of carboxylic acid groups (broad SMARTS) is 1. The molecule has 2 aromatic rings. The zero-order valence-corrected chi connectivity index (χ0v) is 13.5. The molecule has 0 unspecified atom stereocenters. The minimum Gasteiger partial charge on any atom is -0.497 e. The Morgan fingerprint density at radius 3 is 3.05 bits per heavy atom. The van der Waals surface area contributed by atoms with Gasteiger partial charge in [-0.3, -0.25) is 4.79 Å². The first kappa shape index (κ1) is 15.1. The number of nitrogens with one attached hydrogen (secondary N) is 1. The molecule has 20 heavy (non-hydrogen) atoms. The molecule has 1 aromatic heterocycles. The summed E-state index contributed by atoms with van der Waals surface area (Å²) in [6.45, 7) is 0. The third kappa shape index (κ3) is 4.09. The predicted molar refractivity (Wildman–Crippen MR) is 82.2 cm³/mol. The van der Waals surface area contributed by atoms with Crippen LogP contribution in [0.15, 0.2) is 27.0 Å². The van der Waals surface area contributed by atoms with Crippen molar-refractivity contribution in [3.05, 3.63) is 22.7 Å². The molecule has 6 nitrogen and oxygen atoms in total. The van der Waals surface area contributed by atoms with Gasteiger partial charge in [0.1, 0.15) is 5.75 Å². The number of halogens is 1. The van der Waals surface area contributed by atoms with Crippen molar-refractivity contribution in [2.24, 2.45) is 0 Å². The van der Waals surface area contributed by atoms with E-state index < -0.39 is 5.97 Å². The van der Waals surface area contributed by atoms with E-state index in [2.05, 4.69) is 31.4 Å². The van der Waals surface area contributed by atoms with Gasteiger partial charge >= 0.3 is 5.97 Å². The van der Waals surface area contributed by atoms with E-state index in [1.165, 1.54) is 11.3 Å². The maximum Gasteiger partial charge on any atom is 0.313 e. The molecular formula is C11H10BrN3O3S2. The van der Waals surface area contributed by atoms with Crippen molar-refractivity contribution in [3.63, 3.8) is 0 Å². The molecule has 2 N–H and O–H groups in total. The Kier molecular flexibility index (Phi) is 5.21. The highest BCUT2D eigenvalue weighted by Gasteiger charge is 2.09. The topological polar surface area (TPSA) is 84.3 Å². The SMILES string of the molecule is COc1ccc(Br)c(Nc2nnc(SCC(=O)O)s2)c1. The Morgan fingerprint density at radius 2 is 2.35 bits per heavy atom. The second-order valence-electron chi connectivity index (χ2n) is 3.53. The van der Waals surface area contributed by atoms with Gasteiger partial charge in [0.15, 0.2) is 4.34 Å². The smallest absolute Gasteiger partial charge is 0.313 e. The summed E-state index contributed by atoms with van der Waals surface area (Å²) in [4.78, 5) is 10.5. The Balaban J connectivity index is 2.08. The fraction of sp³-hybridized carbons (Fsp3) is 0.182. The lowest BCUT2D eigenvalue weighted by Gasteiger charge is -2.07. The Bertz CT molecular complexity index is 621. The molecule has 0 atom stereocenters. The largest absolute Gasteiger partial charge is 0.497 e. The highest BCUT2D eigenvalue weighted by molar-refractivity contribution is 9.10. The van der Waals surface area contributed by atoms with Crippen molar-refractivity contribution in [2.45, 2.75) is 4.34 Å². The van der Waals surface area contributed by atoms with Crippen molar-refractivity contribution in [1.29, 1.82) is 0 Å². The number of aromatic nitrogens is 2. The van der Waals surface area contributed by atoms with Crippen LogP contribution in [-0.4, -0.2) is 34.1 Å². The number of hydrogen-bond donors (Lipinski definition) is 2. The van der Waals surface area contributed by atoms with Crippen LogP contribution in [0.25, 0.3) is 0 Å². The summed E-state index contributed by atoms with van der Waals surface area (Å²) in [5.74, 6) is -0.187. The van der Waals surface area contributed by atoms with Gasteiger partial charge in [-0.25, -0.2) is 0 Å². The molecule has 0 aliphatic carbocycles. The van der Waals surface area contributed by atoms with Crippen molar-refractivity contribution in [1.82, 2.24) is 10.2 Å². The van der Waals surface area contributed by atoms with E-state index in [1.54, 1.807) is 7.11 Å². The van der Waals surface area contributed by atoms with Crippen molar-refractivity contribution in [2.75, 3.05) is 18.2 Å². The van der Waals surface area contributed by atoms with Gasteiger partial charge in [-0.15, -0.1) is 10.2 Å². The number of thioether (sulfide) groups is 1. The van der Waals surface area contributed by atoms with Crippen LogP contribution in [0.5, 0.6) is 5.75 Å². The van der Waals surface area contributed by atoms with Crippen LogP contribution in [-0.2, 0) is 4.79 Å². The molecule has 0 bridgehead atoms. The average Bonchev–Trinajstić information content (AvgIpc) is 2.86. The van der Waals surface area contributed by atoms with Crippen molar-refractivity contribution in [3.8, 4) is 5.75 Å². The zero-order valence-electron chi connectivity index (χ0n) is 10.3. The van der Waals surface area contributed by atoms with E-state index in [4.69, 9.17) is 9.84 Å². The molecule has 0 saturated heterocycles. The molecule has 0 saturated carbocycles. The summed E-state index contributed by atoms with van der Waals surface area (Å²) in [6, 6.07) is 5.53. The molecule has 0 aliphatic rings. The van der Waals surface area contributed by atoms with Gasteiger partial charge in [-0.2, -0.15) is 0 Å². The maximum atomic E-state index is 10.5. The molecule has 9 heteroatoms. The first-order valence-corrected chi connectivity index (χ1v) is 7.96. The molecule has 0 amide bonds. The number of aliphatic carboxylic acids is 1. The standard InChI is InChI=1S/C11H10BrN3O3S2/c1-18-6-2-3-7(12)8(4-6)13-10-14-15-11(20-10)19-5-9(16)17/h2-4H,5H2,1H3,(H,13,14)(H,16,17). The number of nitrogens with zero attached hydrogens (tertiary/aromatic N) is 2. The minimum atomic E-state index is -0.879. The lowest BCUT2D eigenvalue weighted by molar-refractivity contribution is -0.133. The third-order valence-corrected chi connectivity index (χ3v) is 4.79. The summed E-state index contributed by atoms with van der Waals surface area (Å²) in [5, 5.41) is 20.2. The van der Waals surface area contributed by atoms with Crippen LogP contribution < -0.4 is 10.1 Å². The number of hydrogen-bond acceptors (Lipinski definition) is 7. The fourth-order valence-electron chi connectivity index (χ4n) is 1.28. The van der Waals surface area contributed by atoms with E-state index in [-0.39, 0.29) is 5.75 Å². The Hall–Kier alpha value is -1.32. The molecule has 1 heterocycles. The summed E-state index contributed by atoms with van der Waals surface area (Å²) in [7, 11) is 1.60. The van der Waals surface area contributed by atoms with Gasteiger partial charge in [0, 0.05) is 10.5 Å².